The highest BCUT2D eigenvalue weighted by Crippen LogP contribution is 2.39. The lowest BCUT2D eigenvalue weighted by atomic mass is 10.1. The minimum Gasteiger partial charge on any atom is -0.299 e. The third kappa shape index (κ3) is 1.38. The molecule has 2 aliphatic rings. The monoisotopic (exact) mass is 204 g/mol. The highest BCUT2D eigenvalue weighted by atomic mass is 19.1. The van der Waals surface area contributed by atoms with Crippen molar-refractivity contribution in [2.45, 2.75) is 12.5 Å². The van der Waals surface area contributed by atoms with Crippen LogP contribution in [0.5, 0.6) is 0 Å². The lowest BCUT2D eigenvalue weighted by Crippen LogP contribution is -2.28. The average molecular weight is 204 g/mol. The molecule has 3 rings (SSSR count). The molecule has 2 atom stereocenters. The van der Waals surface area contributed by atoms with Gasteiger partial charge in [0.05, 0.1) is 11.9 Å². The summed E-state index contributed by atoms with van der Waals surface area (Å²) >= 11 is 0. The minimum atomic E-state index is -0.268. The zero-order valence-electron chi connectivity index (χ0n) is 8.65. The topological polar surface area (TPSA) is 16.1 Å². The van der Waals surface area contributed by atoms with Gasteiger partial charge in [-0.3, -0.25) is 9.88 Å². The molecule has 1 aromatic rings. The molecule has 2 heterocycles. The van der Waals surface area contributed by atoms with Gasteiger partial charge >= 0.3 is 0 Å². The van der Waals surface area contributed by atoms with Gasteiger partial charge < -0.3 is 0 Å². The van der Waals surface area contributed by atoms with Crippen molar-refractivity contribution in [1.82, 2.24) is 9.88 Å². The summed E-state index contributed by atoms with van der Waals surface area (Å²) in [5.74, 6) is 0.401. The smallest absolute Gasteiger partial charge is 0.141 e. The molecule has 3 heteroatoms. The van der Waals surface area contributed by atoms with Crippen molar-refractivity contribution in [2.75, 3.05) is 13.6 Å². The van der Waals surface area contributed by atoms with Crippen LogP contribution in [0.15, 0.2) is 24.4 Å². The van der Waals surface area contributed by atoms with Crippen LogP contribution in [0.3, 0.4) is 0 Å². The van der Waals surface area contributed by atoms with Crippen LogP contribution in [-0.4, -0.2) is 29.5 Å². The van der Waals surface area contributed by atoms with Gasteiger partial charge in [-0.1, -0.05) is 6.08 Å². The van der Waals surface area contributed by atoms with Gasteiger partial charge in [0.2, 0.25) is 0 Å². The standard InChI is InChI=1S/C12H13FN2/c1-15-7-8-4-10(12(15)5-8)11-3-2-9(13)6-14-11/h2-4,6,8,12H,5,7H2,1H3. The Morgan fingerprint density at radius 2 is 2.33 bits per heavy atom. The summed E-state index contributed by atoms with van der Waals surface area (Å²) in [5.41, 5.74) is 2.20. The minimum absolute atomic E-state index is 0.268. The van der Waals surface area contributed by atoms with Crippen LogP contribution < -0.4 is 0 Å². The first-order valence-electron chi connectivity index (χ1n) is 5.28. The van der Waals surface area contributed by atoms with Crippen molar-refractivity contribution in [2.24, 2.45) is 5.92 Å². The molecule has 2 unspecified atom stereocenters. The molecule has 1 fully saturated rings. The Balaban J connectivity index is 1.96. The SMILES string of the molecule is CN1CC2C=C(c3ccc(F)cn3)C1C2. The zero-order valence-corrected chi connectivity index (χ0v) is 8.65. The number of fused-ring (bicyclic) bond motifs is 2. The Bertz CT molecular complexity index is 410. The van der Waals surface area contributed by atoms with Gasteiger partial charge in [0.25, 0.3) is 0 Å². The first-order valence-corrected chi connectivity index (χ1v) is 5.28. The second-order valence-corrected chi connectivity index (χ2v) is 4.43. The Hall–Kier alpha value is -1.22. The maximum absolute atomic E-state index is 12.7. The number of likely N-dealkylation sites (tertiary alicyclic amines) is 1. The quantitative estimate of drug-likeness (QED) is 0.695. The maximum atomic E-state index is 12.7. The molecular weight excluding hydrogens is 191 g/mol. The number of pyridine rings is 1. The van der Waals surface area contributed by atoms with E-state index in [0.29, 0.717) is 12.0 Å². The molecule has 1 aliphatic carbocycles. The number of likely N-dealkylation sites (N-methyl/N-ethyl adjacent to an activating group) is 1. The number of halogens is 1. The van der Waals surface area contributed by atoms with E-state index < -0.39 is 0 Å². The maximum Gasteiger partial charge on any atom is 0.141 e. The summed E-state index contributed by atoms with van der Waals surface area (Å²) in [6, 6.07) is 3.75. The van der Waals surface area contributed by atoms with Crippen LogP contribution in [0.25, 0.3) is 5.57 Å². The molecule has 1 aliphatic heterocycles. The second kappa shape index (κ2) is 3.14. The van der Waals surface area contributed by atoms with Crippen molar-refractivity contribution >= 4 is 5.57 Å². The molecule has 0 aromatic carbocycles. The molecule has 78 valence electrons. The van der Waals surface area contributed by atoms with Crippen molar-refractivity contribution in [3.8, 4) is 0 Å². The van der Waals surface area contributed by atoms with Gasteiger partial charge in [-0.15, -0.1) is 0 Å². The van der Waals surface area contributed by atoms with E-state index in [1.807, 2.05) is 0 Å². The van der Waals surface area contributed by atoms with Crippen LogP contribution in [-0.2, 0) is 0 Å². The van der Waals surface area contributed by atoms with E-state index in [9.17, 15) is 4.39 Å². The van der Waals surface area contributed by atoms with Gasteiger partial charge in [0.1, 0.15) is 5.82 Å². The number of aromatic nitrogens is 1. The molecule has 2 bridgehead atoms. The highest BCUT2D eigenvalue weighted by molar-refractivity contribution is 5.70. The molecule has 0 saturated carbocycles. The Morgan fingerprint density at radius 3 is 2.93 bits per heavy atom. The first kappa shape index (κ1) is 9.04. The predicted octanol–water partition coefficient (Wildman–Crippen LogP) is 1.94. The lowest BCUT2D eigenvalue weighted by Gasteiger charge is -2.23. The molecule has 0 N–H and O–H groups in total. The molecule has 2 nitrogen and oxygen atoms in total. The summed E-state index contributed by atoms with van der Waals surface area (Å²) in [6.45, 7) is 1.15. The Labute approximate surface area is 88.4 Å². The number of hydrogen-bond donors (Lipinski definition) is 0. The lowest BCUT2D eigenvalue weighted by molar-refractivity contribution is 0.352. The first-order chi connectivity index (χ1) is 7.24. The van der Waals surface area contributed by atoms with E-state index >= 15 is 0 Å². The van der Waals surface area contributed by atoms with Crippen molar-refractivity contribution < 1.29 is 4.39 Å². The molecule has 0 amide bonds. The molecule has 1 saturated heterocycles. The summed E-state index contributed by atoms with van der Waals surface area (Å²) in [5, 5.41) is 0. The summed E-state index contributed by atoms with van der Waals surface area (Å²) in [7, 11) is 2.14. The Morgan fingerprint density at radius 1 is 1.47 bits per heavy atom. The molecule has 0 spiro atoms. The summed E-state index contributed by atoms with van der Waals surface area (Å²) < 4.78 is 12.7. The van der Waals surface area contributed by atoms with Crippen LogP contribution in [0, 0.1) is 11.7 Å². The Kier molecular flexibility index (Phi) is 1.89. The van der Waals surface area contributed by atoms with Gasteiger partial charge in [0, 0.05) is 12.6 Å². The van der Waals surface area contributed by atoms with E-state index in [4.69, 9.17) is 0 Å². The fraction of sp³-hybridized carbons (Fsp3) is 0.417. The predicted molar refractivity (Wildman–Crippen MR) is 56.7 cm³/mol. The molecule has 15 heavy (non-hydrogen) atoms. The van der Waals surface area contributed by atoms with Gasteiger partial charge in [0.15, 0.2) is 0 Å². The highest BCUT2D eigenvalue weighted by Gasteiger charge is 2.37. The van der Waals surface area contributed by atoms with E-state index in [-0.39, 0.29) is 5.82 Å². The number of rotatable bonds is 1. The molecule has 1 aromatic heterocycles. The van der Waals surface area contributed by atoms with E-state index in [0.717, 1.165) is 12.2 Å². The third-order valence-electron chi connectivity index (χ3n) is 3.38. The van der Waals surface area contributed by atoms with E-state index in [2.05, 4.69) is 23.0 Å². The fourth-order valence-corrected chi connectivity index (χ4v) is 2.69. The fourth-order valence-electron chi connectivity index (χ4n) is 2.69. The van der Waals surface area contributed by atoms with Gasteiger partial charge in [-0.25, -0.2) is 4.39 Å². The van der Waals surface area contributed by atoms with Gasteiger partial charge in [-0.2, -0.15) is 0 Å². The third-order valence-corrected chi connectivity index (χ3v) is 3.38. The van der Waals surface area contributed by atoms with E-state index in [1.54, 1.807) is 6.07 Å². The van der Waals surface area contributed by atoms with Crippen LogP contribution in [0.1, 0.15) is 12.1 Å². The number of hydrogen-bond acceptors (Lipinski definition) is 2. The van der Waals surface area contributed by atoms with Crippen LogP contribution in [0.4, 0.5) is 4.39 Å². The zero-order chi connectivity index (χ0) is 10.4. The number of nitrogens with zero attached hydrogens (tertiary/aromatic N) is 2. The van der Waals surface area contributed by atoms with Crippen molar-refractivity contribution in [1.29, 1.82) is 0 Å². The van der Waals surface area contributed by atoms with Crippen molar-refractivity contribution in [3.63, 3.8) is 0 Å². The van der Waals surface area contributed by atoms with Crippen molar-refractivity contribution in [3.05, 3.63) is 35.9 Å². The van der Waals surface area contributed by atoms with Gasteiger partial charge in [-0.05, 0) is 37.1 Å². The van der Waals surface area contributed by atoms with E-state index in [1.165, 1.54) is 24.3 Å². The van der Waals surface area contributed by atoms with Crippen LogP contribution in [0.2, 0.25) is 0 Å². The average Bonchev–Trinajstić information content (AvgIpc) is 2.77. The molecular formula is C12H13FN2. The largest absolute Gasteiger partial charge is 0.299 e. The summed E-state index contributed by atoms with van der Waals surface area (Å²) in [4.78, 5) is 6.50. The normalized spacial score (nSPS) is 29.6. The van der Waals surface area contributed by atoms with Crippen LogP contribution >= 0.6 is 0 Å². The summed E-state index contributed by atoms with van der Waals surface area (Å²) in [6.07, 6.45) is 4.79. The second-order valence-electron chi connectivity index (χ2n) is 4.43. The molecule has 0 radical (unpaired) electrons.